The van der Waals surface area contributed by atoms with Gasteiger partial charge >= 0.3 is 12.1 Å². The number of carboxylic acids is 1. The van der Waals surface area contributed by atoms with Gasteiger partial charge in [0.15, 0.2) is 0 Å². The summed E-state index contributed by atoms with van der Waals surface area (Å²) in [5, 5.41) is 13.5. The van der Waals surface area contributed by atoms with Crippen LogP contribution in [-0.4, -0.2) is 27.8 Å². The maximum absolute atomic E-state index is 12.3. The Morgan fingerprint density at radius 1 is 1.67 bits per heavy atom. The first-order valence-corrected chi connectivity index (χ1v) is 3.91. The fourth-order valence-corrected chi connectivity index (χ4v) is 1.15. The summed E-state index contributed by atoms with van der Waals surface area (Å²) >= 11 is 0. The second-order valence-corrected chi connectivity index (χ2v) is 2.82. The number of nitrogens with one attached hydrogen (secondary N) is 1. The number of carboxylic acid groups (broad SMARTS) is 1. The molecule has 1 aromatic heterocycles. The van der Waals surface area contributed by atoms with E-state index < -0.39 is 35.9 Å². The summed E-state index contributed by atoms with van der Waals surface area (Å²) in [6.07, 6.45) is -3.83. The average molecular weight is 223 g/mol. The molecule has 1 atom stereocenters. The van der Waals surface area contributed by atoms with Crippen LogP contribution < -0.4 is 5.73 Å². The lowest BCUT2D eigenvalue weighted by Gasteiger charge is -2.11. The Hall–Kier alpha value is -1.57. The number of aliphatic carboxylic acids is 1. The van der Waals surface area contributed by atoms with Crippen LogP contribution >= 0.6 is 0 Å². The van der Waals surface area contributed by atoms with Crippen LogP contribution in [0.2, 0.25) is 0 Å². The van der Waals surface area contributed by atoms with Crippen LogP contribution in [0.1, 0.15) is 17.2 Å². The zero-order valence-electron chi connectivity index (χ0n) is 7.38. The van der Waals surface area contributed by atoms with Crippen molar-refractivity contribution in [3.8, 4) is 0 Å². The maximum atomic E-state index is 12.3. The number of nitrogens with two attached hydrogens (primary N) is 1. The Balaban J connectivity index is 3.14. The highest BCUT2D eigenvalue weighted by molar-refractivity contribution is 5.76. The topological polar surface area (TPSA) is 92.0 Å². The van der Waals surface area contributed by atoms with Gasteiger partial charge in [-0.3, -0.25) is 9.89 Å². The molecule has 0 saturated heterocycles. The molecule has 0 aromatic carbocycles. The van der Waals surface area contributed by atoms with Gasteiger partial charge < -0.3 is 10.8 Å². The molecule has 0 saturated carbocycles. The van der Waals surface area contributed by atoms with Gasteiger partial charge in [-0.05, 0) is 0 Å². The number of H-pyrrole nitrogens is 1. The third-order valence-corrected chi connectivity index (χ3v) is 1.86. The van der Waals surface area contributed by atoms with E-state index in [1.54, 1.807) is 5.10 Å². The molecule has 0 bridgehead atoms. The van der Waals surface area contributed by atoms with Crippen molar-refractivity contribution >= 4 is 5.97 Å². The number of hydrogen-bond acceptors (Lipinski definition) is 3. The SMILES string of the molecule is NCC(C(=O)O)c1cn[nH]c1C(F)(F)F. The van der Waals surface area contributed by atoms with Gasteiger partial charge in [0.05, 0.1) is 12.1 Å². The number of carbonyl (C=O) groups is 1. The van der Waals surface area contributed by atoms with E-state index in [0.29, 0.717) is 0 Å². The highest BCUT2D eigenvalue weighted by Gasteiger charge is 2.38. The third-order valence-electron chi connectivity index (χ3n) is 1.86. The first-order chi connectivity index (χ1) is 6.88. The summed E-state index contributed by atoms with van der Waals surface area (Å²) < 4.78 is 37.0. The van der Waals surface area contributed by atoms with Crippen molar-refractivity contribution in [2.75, 3.05) is 6.54 Å². The molecule has 15 heavy (non-hydrogen) atoms. The summed E-state index contributed by atoms with van der Waals surface area (Å²) in [6, 6.07) is 0. The van der Waals surface area contributed by atoms with Crippen LogP contribution in [0.4, 0.5) is 13.2 Å². The van der Waals surface area contributed by atoms with Crippen LogP contribution in [-0.2, 0) is 11.0 Å². The van der Waals surface area contributed by atoms with Crippen LogP contribution in [0.5, 0.6) is 0 Å². The number of nitrogens with zero attached hydrogens (tertiary/aromatic N) is 1. The summed E-state index contributed by atoms with van der Waals surface area (Å²) in [6.45, 7) is -0.419. The summed E-state index contributed by atoms with van der Waals surface area (Å²) in [5.41, 5.74) is 3.47. The Morgan fingerprint density at radius 3 is 2.67 bits per heavy atom. The van der Waals surface area contributed by atoms with Crippen LogP contribution in [0.15, 0.2) is 6.20 Å². The number of alkyl halides is 3. The van der Waals surface area contributed by atoms with Crippen molar-refractivity contribution in [1.82, 2.24) is 10.2 Å². The highest BCUT2D eigenvalue weighted by atomic mass is 19.4. The van der Waals surface area contributed by atoms with Crippen molar-refractivity contribution in [2.24, 2.45) is 5.73 Å². The van der Waals surface area contributed by atoms with E-state index in [1.807, 2.05) is 0 Å². The molecule has 84 valence electrons. The summed E-state index contributed by atoms with van der Waals surface area (Å²) in [5.74, 6) is -2.82. The lowest BCUT2D eigenvalue weighted by atomic mass is 10.00. The number of rotatable bonds is 3. The predicted molar refractivity (Wildman–Crippen MR) is 43.0 cm³/mol. The average Bonchev–Trinajstić information content (AvgIpc) is 2.52. The normalized spacial score (nSPS) is 13.9. The molecule has 1 unspecified atom stereocenters. The Morgan fingerprint density at radius 2 is 2.27 bits per heavy atom. The van der Waals surface area contributed by atoms with Gasteiger partial charge in [-0.1, -0.05) is 0 Å². The zero-order chi connectivity index (χ0) is 11.6. The molecule has 1 rings (SSSR count). The van der Waals surface area contributed by atoms with Crippen molar-refractivity contribution in [3.63, 3.8) is 0 Å². The van der Waals surface area contributed by atoms with Crippen molar-refractivity contribution in [3.05, 3.63) is 17.5 Å². The number of halogens is 3. The van der Waals surface area contributed by atoms with E-state index in [0.717, 1.165) is 6.20 Å². The van der Waals surface area contributed by atoms with Crippen LogP contribution in [0.3, 0.4) is 0 Å². The molecule has 0 aliphatic carbocycles. The fourth-order valence-electron chi connectivity index (χ4n) is 1.15. The van der Waals surface area contributed by atoms with E-state index in [4.69, 9.17) is 10.8 Å². The molecular formula is C7H8F3N3O2. The molecule has 4 N–H and O–H groups in total. The molecule has 0 aliphatic rings. The van der Waals surface area contributed by atoms with Crippen molar-refractivity contribution in [2.45, 2.75) is 12.1 Å². The number of aromatic nitrogens is 2. The zero-order valence-corrected chi connectivity index (χ0v) is 7.38. The van der Waals surface area contributed by atoms with Gasteiger partial charge in [0.25, 0.3) is 0 Å². The quantitative estimate of drug-likeness (QED) is 0.697. The van der Waals surface area contributed by atoms with Crippen LogP contribution in [0, 0.1) is 0 Å². The molecule has 0 spiro atoms. The Labute approximate surface area is 82.1 Å². The van der Waals surface area contributed by atoms with Crippen molar-refractivity contribution in [1.29, 1.82) is 0 Å². The van der Waals surface area contributed by atoms with E-state index in [9.17, 15) is 18.0 Å². The molecular weight excluding hydrogens is 215 g/mol. The van der Waals surface area contributed by atoms with E-state index in [1.165, 1.54) is 0 Å². The third kappa shape index (κ3) is 2.27. The van der Waals surface area contributed by atoms with Crippen LogP contribution in [0.25, 0.3) is 0 Å². The smallest absolute Gasteiger partial charge is 0.433 e. The van der Waals surface area contributed by atoms with E-state index in [-0.39, 0.29) is 0 Å². The largest absolute Gasteiger partial charge is 0.481 e. The van der Waals surface area contributed by atoms with Gasteiger partial charge in [0.1, 0.15) is 5.69 Å². The highest BCUT2D eigenvalue weighted by Crippen LogP contribution is 2.33. The molecule has 0 radical (unpaired) electrons. The lowest BCUT2D eigenvalue weighted by molar-refractivity contribution is -0.143. The molecule has 1 heterocycles. The minimum Gasteiger partial charge on any atom is -0.481 e. The lowest BCUT2D eigenvalue weighted by Crippen LogP contribution is -2.23. The Kier molecular flexibility index (Phi) is 2.98. The summed E-state index contributed by atoms with van der Waals surface area (Å²) in [7, 11) is 0. The van der Waals surface area contributed by atoms with Gasteiger partial charge in [-0.2, -0.15) is 18.3 Å². The molecule has 0 aliphatic heterocycles. The first kappa shape index (κ1) is 11.5. The van der Waals surface area contributed by atoms with E-state index >= 15 is 0 Å². The number of hydrogen-bond donors (Lipinski definition) is 3. The van der Waals surface area contributed by atoms with Gasteiger partial charge in [-0.25, -0.2) is 0 Å². The maximum Gasteiger partial charge on any atom is 0.433 e. The molecule has 5 nitrogen and oxygen atoms in total. The monoisotopic (exact) mass is 223 g/mol. The summed E-state index contributed by atoms with van der Waals surface area (Å²) in [4.78, 5) is 10.6. The molecule has 8 heteroatoms. The second-order valence-electron chi connectivity index (χ2n) is 2.82. The minimum atomic E-state index is -4.66. The minimum absolute atomic E-state index is 0.419. The van der Waals surface area contributed by atoms with Gasteiger partial charge in [0.2, 0.25) is 0 Å². The first-order valence-electron chi connectivity index (χ1n) is 3.91. The van der Waals surface area contributed by atoms with Gasteiger partial charge in [-0.15, -0.1) is 0 Å². The standard InChI is InChI=1S/C7H8F3N3O2/c8-7(9,10)5-4(2-12-13-5)3(1-11)6(14)15/h2-3H,1,11H2,(H,12,13)(H,14,15). The number of aromatic amines is 1. The second kappa shape index (κ2) is 3.89. The molecule has 0 fully saturated rings. The fraction of sp³-hybridized carbons (Fsp3) is 0.429. The molecule has 1 aromatic rings. The predicted octanol–water partition coefficient (Wildman–Crippen LogP) is 0.555. The van der Waals surface area contributed by atoms with Gasteiger partial charge in [0, 0.05) is 12.1 Å². The van der Waals surface area contributed by atoms with E-state index in [2.05, 4.69) is 5.10 Å². The van der Waals surface area contributed by atoms with Crippen molar-refractivity contribution < 1.29 is 23.1 Å². The Bertz CT molecular complexity index is 361. The molecule has 0 amide bonds.